The van der Waals surface area contributed by atoms with Gasteiger partial charge in [0.15, 0.2) is 0 Å². The van der Waals surface area contributed by atoms with E-state index in [4.69, 9.17) is 4.74 Å². The van der Waals surface area contributed by atoms with Gasteiger partial charge in [-0.1, -0.05) is 99.1 Å². The minimum atomic E-state index is -0.723. The predicted molar refractivity (Wildman–Crippen MR) is 207 cm³/mol. The van der Waals surface area contributed by atoms with Crippen molar-refractivity contribution in [3.05, 3.63) is 114 Å². The normalized spacial score (nSPS) is 13.2. The average Bonchev–Trinajstić information content (AvgIpc) is 3.57. The smallest absolute Gasteiger partial charge is 0.328 e. The molecule has 1 heterocycles. The topological polar surface area (TPSA) is 106 Å². The number of aromatic nitrogens is 2. The molecule has 0 aliphatic rings. The first kappa shape index (κ1) is 37.6. The summed E-state index contributed by atoms with van der Waals surface area (Å²) in [5.74, 6) is 0.0290. The van der Waals surface area contributed by atoms with E-state index in [0.717, 1.165) is 34.0 Å². The lowest BCUT2D eigenvalue weighted by Crippen LogP contribution is -2.51. The summed E-state index contributed by atoms with van der Waals surface area (Å²) in [7, 11) is 1.34. The van der Waals surface area contributed by atoms with Crippen molar-refractivity contribution in [3.63, 3.8) is 0 Å². The molecular weight excluding hydrogens is 659 g/mol. The predicted octanol–water partition coefficient (Wildman–Crippen LogP) is 6.22. The van der Waals surface area contributed by atoms with E-state index >= 15 is 0 Å². The van der Waals surface area contributed by atoms with Gasteiger partial charge < -0.3 is 19.9 Å². The molecule has 4 aromatic carbocycles. The minimum absolute atomic E-state index is 0.0529. The number of esters is 1. The Bertz CT molecular complexity index is 1920. The number of imidazole rings is 1. The molecule has 1 unspecified atom stereocenters. The number of hydrogen-bond donors (Lipinski definition) is 2. The fraction of sp³-hybridized carbons (Fsp3) is 0.366. The second kappa shape index (κ2) is 18.5. The number of carbonyl (C=O) groups is 3. The van der Waals surface area contributed by atoms with Gasteiger partial charge in [-0.2, -0.15) is 11.8 Å². The third-order valence-electron chi connectivity index (χ3n) is 9.51. The van der Waals surface area contributed by atoms with E-state index in [-0.39, 0.29) is 36.7 Å². The highest BCUT2D eigenvalue weighted by Gasteiger charge is 2.26. The molecule has 10 heteroatoms. The second-order valence-electron chi connectivity index (χ2n) is 13.2. The molecule has 5 rings (SSSR count). The van der Waals surface area contributed by atoms with E-state index in [9.17, 15) is 14.4 Å². The van der Waals surface area contributed by atoms with E-state index in [2.05, 4.69) is 89.0 Å². The Balaban J connectivity index is 1.32. The van der Waals surface area contributed by atoms with Crippen LogP contribution in [0.1, 0.15) is 43.5 Å². The van der Waals surface area contributed by atoms with Crippen molar-refractivity contribution in [2.45, 2.75) is 58.3 Å². The number of nitrogens with zero attached hydrogens (tertiary/aromatic N) is 3. The van der Waals surface area contributed by atoms with E-state index in [1.54, 1.807) is 24.3 Å². The fourth-order valence-corrected chi connectivity index (χ4v) is 6.92. The second-order valence-corrected chi connectivity index (χ2v) is 14.1. The average molecular weight is 708 g/mol. The standard InChI is InChI=1S/C41H49N5O4S/c1-5-29(2)38(44-39(47)22-35-23-42-28-46(35)24-30-17-18-31-11-6-7-13-33(31)21-30)26-45(25-34-15-10-14-32-12-8-9-16-36(32)34)27-40(48)43-37(19-20-51-4)41(49)50-3/h6-18,21,23,28-29,37-38H,5,19-20,22,24-27H2,1-4H3,(H,43,48)(H,44,47)/t29?,37-,38+/m0/s1. The summed E-state index contributed by atoms with van der Waals surface area (Å²) < 4.78 is 7.01. The van der Waals surface area contributed by atoms with E-state index < -0.39 is 12.0 Å². The van der Waals surface area contributed by atoms with Crippen molar-refractivity contribution in [1.29, 1.82) is 0 Å². The van der Waals surface area contributed by atoms with Gasteiger partial charge in [0.1, 0.15) is 6.04 Å². The Morgan fingerprint density at radius 2 is 1.67 bits per heavy atom. The third kappa shape index (κ3) is 10.4. The zero-order valence-electron chi connectivity index (χ0n) is 30.0. The molecule has 9 nitrogen and oxygen atoms in total. The Kier molecular flexibility index (Phi) is 13.7. The molecule has 3 atom stereocenters. The van der Waals surface area contributed by atoms with Gasteiger partial charge in [0.05, 0.1) is 26.4 Å². The Labute approximate surface area is 305 Å². The molecule has 0 saturated carbocycles. The van der Waals surface area contributed by atoms with Gasteiger partial charge in [-0.05, 0) is 63.1 Å². The van der Waals surface area contributed by atoms with E-state index in [1.165, 1.54) is 17.9 Å². The summed E-state index contributed by atoms with van der Waals surface area (Å²) >= 11 is 1.61. The first-order chi connectivity index (χ1) is 24.8. The van der Waals surface area contributed by atoms with Crippen molar-refractivity contribution in [3.8, 4) is 0 Å². The molecule has 5 aromatic rings. The van der Waals surface area contributed by atoms with Crippen LogP contribution in [0, 0.1) is 5.92 Å². The van der Waals surface area contributed by atoms with Crippen molar-refractivity contribution < 1.29 is 19.1 Å². The van der Waals surface area contributed by atoms with Crippen molar-refractivity contribution in [1.82, 2.24) is 25.1 Å². The van der Waals surface area contributed by atoms with E-state index in [0.29, 0.717) is 31.8 Å². The van der Waals surface area contributed by atoms with Crippen LogP contribution in [0.3, 0.4) is 0 Å². The van der Waals surface area contributed by atoms with Crippen LogP contribution in [0.5, 0.6) is 0 Å². The zero-order valence-corrected chi connectivity index (χ0v) is 30.8. The number of amides is 2. The van der Waals surface area contributed by atoms with Gasteiger partial charge in [0, 0.05) is 37.6 Å². The maximum atomic E-state index is 13.7. The van der Waals surface area contributed by atoms with Crippen LogP contribution in [0.4, 0.5) is 0 Å². The Morgan fingerprint density at radius 3 is 2.43 bits per heavy atom. The molecule has 0 bridgehead atoms. The highest BCUT2D eigenvalue weighted by molar-refractivity contribution is 7.98. The van der Waals surface area contributed by atoms with Gasteiger partial charge in [0.25, 0.3) is 0 Å². The largest absolute Gasteiger partial charge is 0.467 e. The van der Waals surface area contributed by atoms with Crippen LogP contribution in [-0.4, -0.2) is 76.5 Å². The number of hydrogen-bond acceptors (Lipinski definition) is 7. The number of fused-ring (bicyclic) bond motifs is 2. The van der Waals surface area contributed by atoms with Crippen LogP contribution in [0.15, 0.2) is 97.5 Å². The molecule has 0 aliphatic carbocycles. The molecule has 2 amide bonds. The highest BCUT2D eigenvalue weighted by Crippen LogP contribution is 2.22. The number of ether oxygens (including phenoxy) is 1. The maximum absolute atomic E-state index is 13.7. The van der Waals surface area contributed by atoms with Crippen LogP contribution in [0.25, 0.3) is 21.5 Å². The Morgan fingerprint density at radius 1 is 0.922 bits per heavy atom. The van der Waals surface area contributed by atoms with Gasteiger partial charge >= 0.3 is 5.97 Å². The van der Waals surface area contributed by atoms with Crippen LogP contribution in [-0.2, 0) is 38.6 Å². The summed E-state index contributed by atoms with van der Waals surface area (Å²) in [5.41, 5.74) is 3.05. The summed E-state index contributed by atoms with van der Waals surface area (Å²) in [4.78, 5) is 46.2. The third-order valence-corrected chi connectivity index (χ3v) is 10.2. The molecule has 2 N–H and O–H groups in total. The van der Waals surface area contributed by atoms with Gasteiger partial charge in [-0.3, -0.25) is 14.5 Å². The van der Waals surface area contributed by atoms with E-state index in [1.807, 2.05) is 41.2 Å². The van der Waals surface area contributed by atoms with Crippen LogP contribution >= 0.6 is 11.8 Å². The number of methoxy groups -OCH3 is 1. The molecule has 0 fully saturated rings. The highest BCUT2D eigenvalue weighted by atomic mass is 32.2. The molecule has 1 aromatic heterocycles. The van der Waals surface area contributed by atoms with Crippen LogP contribution in [0.2, 0.25) is 0 Å². The molecule has 268 valence electrons. The lowest BCUT2D eigenvalue weighted by atomic mass is 9.97. The van der Waals surface area contributed by atoms with Gasteiger partial charge in [0.2, 0.25) is 11.8 Å². The van der Waals surface area contributed by atoms with Crippen molar-refractivity contribution in [2.75, 3.05) is 32.2 Å². The lowest BCUT2D eigenvalue weighted by Gasteiger charge is -2.32. The molecule has 51 heavy (non-hydrogen) atoms. The molecular formula is C41H49N5O4S. The summed E-state index contributed by atoms with van der Waals surface area (Å²) in [6, 6.07) is 28.1. The summed E-state index contributed by atoms with van der Waals surface area (Å²) in [6.45, 7) is 5.83. The number of benzene rings is 4. The zero-order chi connectivity index (χ0) is 36.2. The van der Waals surface area contributed by atoms with Crippen molar-refractivity contribution in [2.24, 2.45) is 5.92 Å². The lowest BCUT2D eigenvalue weighted by molar-refractivity contribution is -0.145. The number of thioether (sulfide) groups is 1. The van der Waals surface area contributed by atoms with Crippen molar-refractivity contribution >= 4 is 51.1 Å². The Hall–Kier alpha value is -4.67. The molecule has 0 spiro atoms. The SMILES string of the molecule is CCC(C)[C@@H](CN(CC(=O)N[C@@H](CCSC)C(=O)OC)Cc1cccc2ccccc12)NC(=O)Cc1cncn1Cc1ccc2ccccc2c1. The monoisotopic (exact) mass is 707 g/mol. The maximum Gasteiger partial charge on any atom is 0.328 e. The minimum Gasteiger partial charge on any atom is -0.467 e. The van der Waals surface area contributed by atoms with Gasteiger partial charge in [-0.25, -0.2) is 9.78 Å². The van der Waals surface area contributed by atoms with Crippen LogP contribution < -0.4 is 10.6 Å². The number of rotatable bonds is 18. The fourth-order valence-electron chi connectivity index (χ4n) is 6.45. The molecule has 0 radical (unpaired) electrons. The molecule has 0 saturated heterocycles. The first-order valence-corrected chi connectivity index (χ1v) is 19.0. The first-order valence-electron chi connectivity index (χ1n) is 17.6. The number of carbonyl (C=O) groups excluding carboxylic acids is 3. The summed E-state index contributed by atoms with van der Waals surface area (Å²) in [6.07, 6.45) is 6.99. The molecule has 0 aliphatic heterocycles. The summed E-state index contributed by atoms with van der Waals surface area (Å²) in [5, 5.41) is 10.8. The van der Waals surface area contributed by atoms with Gasteiger partial charge in [-0.15, -0.1) is 0 Å². The quantitative estimate of drug-likeness (QED) is 0.104. The number of nitrogens with one attached hydrogen (secondary N) is 2.